The molecule has 0 aromatic heterocycles. The Balaban J connectivity index is 2.25. The van der Waals surface area contributed by atoms with E-state index in [1.54, 1.807) is 6.92 Å². The third-order valence-corrected chi connectivity index (χ3v) is 2.17. The predicted octanol–water partition coefficient (Wildman–Crippen LogP) is 0.345. The van der Waals surface area contributed by atoms with Gasteiger partial charge in [-0.25, -0.2) is 4.79 Å². The van der Waals surface area contributed by atoms with Crippen molar-refractivity contribution >= 4 is 11.9 Å². The minimum atomic E-state index is -0.467. The summed E-state index contributed by atoms with van der Waals surface area (Å²) in [5, 5.41) is 5.53. The van der Waals surface area contributed by atoms with E-state index < -0.39 is 6.09 Å². The first-order chi connectivity index (χ1) is 7.07. The van der Waals surface area contributed by atoms with Gasteiger partial charge in [-0.3, -0.25) is 4.79 Å². The molecule has 82 valence electrons. The van der Waals surface area contributed by atoms with Crippen molar-refractivity contribution in [3.8, 4) is 0 Å². The number of carbonyl (C=O) groups is 2. The highest BCUT2D eigenvalue weighted by atomic mass is 16.5. The maximum atomic E-state index is 11.1. The number of hydrogen-bond acceptors (Lipinski definition) is 4. The summed E-state index contributed by atoms with van der Waals surface area (Å²) in [4.78, 5) is 21.7. The van der Waals surface area contributed by atoms with E-state index in [2.05, 4.69) is 21.9 Å². The molecule has 0 aromatic carbocycles. The molecule has 0 heterocycles. The molecule has 0 aromatic rings. The highest BCUT2D eigenvalue weighted by molar-refractivity contribution is 6.18. The van der Waals surface area contributed by atoms with Gasteiger partial charge in [0.05, 0.1) is 12.8 Å². The van der Waals surface area contributed by atoms with Crippen molar-refractivity contribution in [3.05, 3.63) is 23.4 Å². The highest BCUT2D eigenvalue weighted by Crippen LogP contribution is 2.25. The normalized spacial score (nSPS) is 14.8. The summed E-state index contributed by atoms with van der Waals surface area (Å²) in [5.41, 5.74) is 1.98. The third kappa shape index (κ3) is 2.37. The number of amides is 1. The van der Waals surface area contributed by atoms with Crippen LogP contribution in [0.5, 0.6) is 0 Å². The number of ketones is 1. The number of allylic oxidation sites excluding steroid dienone is 2. The zero-order chi connectivity index (χ0) is 11.4. The summed E-state index contributed by atoms with van der Waals surface area (Å²) >= 11 is 0. The summed E-state index contributed by atoms with van der Waals surface area (Å²) in [6.07, 6.45) is -0.467. The van der Waals surface area contributed by atoms with Gasteiger partial charge in [0.1, 0.15) is 0 Å². The van der Waals surface area contributed by atoms with Gasteiger partial charge in [0.15, 0.2) is 5.78 Å². The fourth-order valence-corrected chi connectivity index (χ4v) is 1.28. The average molecular weight is 210 g/mol. The lowest BCUT2D eigenvalue weighted by atomic mass is 9.89. The van der Waals surface area contributed by atoms with Crippen molar-refractivity contribution in [3.63, 3.8) is 0 Å². The van der Waals surface area contributed by atoms with Crippen LogP contribution < -0.4 is 10.6 Å². The van der Waals surface area contributed by atoms with Crippen LogP contribution >= 0.6 is 0 Å². The number of nitrogens with one attached hydrogen (secondary N) is 2. The van der Waals surface area contributed by atoms with Crippen LogP contribution in [0.1, 0.15) is 6.92 Å². The van der Waals surface area contributed by atoms with Gasteiger partial charge in [-0.2, -0.15) is 0 Å². The maximum absolute atomic E-state index is 11.1. The number of Topliss-reactive ketones (excluding diaryl/α,β-unsaturated/α-hetero) is 1. The topological polar surface area (TPSA) is 67.4 Å². The number of rotatable bonds is 4. The van der Waals surface area contributed by atoms with Crippen LogP contribution in [0.25, 0.3) is 0 Å². The Hall–Kier alpha value is -1.78. The standard InChI is InChI=1S/C10H14N2O3/c1-6-8(7(2)9(6)13)11-4-5-12-10(14)15-3/h11H,1,4-5H2,2-3H3,(H,12,14). The molecule has 0 aliphatic heterocycles. The van der Waals surface area contributed by atoms with Crippen molar-refractivity contribution in [2.75, 3.05) is 20.2 Å². The molecule has 0 radical (unpaired) electrons. The number of hydrogen-bond donors (Lipinski definition) is 2. The van der Waals surface area contributed by atoms with E-state index in [1.807, 2.05) is 0 Å². The van der Waals surface area contributed by atoms with Crippen molar-refractivity contribution in [2.45, 2.75) is 6.92 Å². The highest BCUT2D eigenvalue weighted by Gasteiger charge is 2.27. The molecule has 5 nitrogen and oxygen atoms in total. The molecule has 0 bridgehead atoms. The van der Waals surface area contributed by atoms with E-state index in [0.29, 0.717) is 24.2 Å². The lowest BCUT2D eigenvalue weighted by Gasteiger charge is -2.23. The Morgan fingerprint density at radius 2 is 2.13 bits per heavy atom. The van der Waals surface area contributed by atoms with E-state index in [0.717, 1.165) is 5.70 Å². The predicted molar refractivity (Wildman–Crippen MR) is 55.3 cm³/mol. The molecule has 1 aliphatic carbocycles. The molecular formula is C10H14N2O3. The van der Waals surface area contributed by atoms with Crippen LogP contribution in [0.15, 0.2) is 23.4 Å². The minimum absolute atomic E-state index is 0.00146. The average Bonchev–Trinajstić information content (AvgIpc) is 2.27. The Morgan fingerprint density at radius 1 is 1.47 bits per heavy atom. The van der Waals surface area contributed by atoms with Crippen LogP contribution in [-0.4, -0.2) is 32.1 Å². The van der Waals surface area contributed by atoms with Crippen LogP contribution in [0.3, 0.4) is 0 Å². The Bertz CT molecular complexity index is 345. The Morgan fingerprint density at radius 3 is 2.67 bits per heavy atom. The molecule has 0 unspecified atom stereocenters. The van der Waals surface area contributed by atoms with Crippen LogP contribution in [0, 0.1) is 0 Å². The smallest absolute Gasteiger partial charge is 0.406 e. The first-order valence-electron chi connectivity index (χ1n) is 4.58. The monoisotopic (exact) mass is 210 g/mol. The van der Waals surface area contributed by atoms with Crippen LogP contribution in [0.4, 0.5) is 4.79 Å². The first kappa shape index (κ1) is 11.3. The third-order valence-electron chi connectivity index (χ3n) is 2.17. The van der Waals surface area contributed by atoms with Crippen molar-refractivity contribution in [1.82, 2.24) is 10.6 Å². The van der Waals surface area contributed by atoms with Gasteiger partial charge in [0.2, 0.25) is 0 Å². The summed E-state index contributed by atoms with van der Waals surface area (Å²) in [7, 11) is 1.31. The largest absolute Gasteiger partial charge is 0.453 e. The lowest BCUT2D eigenvalue weighted by molar-refractivity contribution is -0.113. The quantitative estimate of drug-likeness (QED) is 0.519. The van der Waals surface area contributed by atoms with E-state index in [-0.39, 0.29) is 5.78 Å². The van der Waals surface area contributed by atoms with Gasteiger partial charge < -0.3 is 15.4 Å². The second-order valence-electron chi connectivity index (χ2n) is 3.15. The van der Waals surface area contributed by atoms with Gasteiger partial charge in [0.25, 0.3) is 0 Å². The zero-order valence-corrected chi connectivity index (χ0v) is 8.85. The van der Waals surface area contributed by atoms with E-state index >= 15 is 0 Å². The fourth-order valence-electron chi connectivity index (χ4n) is 1.28. The second-order valence-corrected chi connectivity index (χ2v) is 3.15. The first-order valence-corrected chi connectivity index (χ1v) is 4.58. The van der Waals surface area contributed by atoms with E-state index in [9.17, 15) is 9.59 Å². The molecule has 0 atom stereocenters. The molecule has 0 fully saturated rings. The van der Waals surface area contributed by atoms with E-state index in [4.69, 9.17) is 0 Å². The summed E-state index contributed by atoms with van der Waals surface area (Å²) in [5.74, 6) is -0.00146. The second kappa shape index (κ2) is 4.63. The molecular weight excluding hydrogens is 196 g/mol. The van der Waals surface area contributed by atoms with Gasteiger partial charge in [0, 0.05) is 24.2 Å². The number of ether oxygens (including phenoxy) is 1. The van der Waals surface area contributed by atoms with Gasteiger partial charge >= 0.3 is 6.09 Å². The fraction of sp³-hybridized carbons (Fsp3) is 0.400. The molecule has 1 aliphatic rings. The molecule has 15 heavy (non-hydrogen) atoms. The maximum Gasteiger partial charge on any atom is 0.406 e. The molecule has 5 heteroatoms. The van der Waals surface area contributed by atoms with Crippen LogP contribution in [-0.2, 0) is 9.53 Å². The Kier molecular flexibility index (Phi) is 3.49. The molecule has 2 N–H and O–H groups in total. The van der Waals surface area contributed by atoms with Crippen molar-refractivity contribution in [1.29, 1.82) is 0 Å². The van der Waals surface area contributed by atoms with Gasteiger partial charge in [-0.15, -0.1) is 0 Å². The lowest BCUT2D eigenvalue weighted by Crippen LogP contribution is -2.36. The van der Waals surface area contributed by atoms with Gasteiger partial charge in [-0.05, 0) is 6.92 Å². The van der Waals surface area contributed by atoms with Crippen molar-refractivity contribution in [2.24, 2.45) is 0 Å². The molecule has 1 rings (SSSR count). The summed E-state index contributed by atoms with van der Waals surface area (Å²) in [6, 6.07) is 0. The van der Waals surface area contributed by atoms with Gasteiger partial charge in [-0.1, -0.05) is 6.58 Å². The summed E-state index contributed by atoms with van der Waals surface area (Å²) < 4.78 is 4.40. The molecule has 1 amide bonds. The summed E-state index contributed by atoms with van der Waals surface area (Å²) in [6.45, 7) is 6.34. The number of carbonyl (C=O) groups excluding carboxylic acids is 2. The number of alkyl carbamates (subject to hydrolysis) is 1. The molecule has 0 saturated heterocycles. The van der Waals surface area contributed by atoms with Crippen LogP contribution in [0.2, 0.25) is 0 Å². The minimum Gasteiger partial charge on any atom is -0.453 e. The Labute approximate surface area is 88.2 Å². The zero-order valence-electron chi connectivity index (χ0n) is 8.85. The van der Waals surface area contributed by atoms with Crippen molar-refractivity contribution < 1.29 is 14.3 Å². The molecule has 0 spiro atoms. The number of methoxy groups -OCH3 is 1. The molecule has 0 saturated carbocycles. The SMILES string of the molecule is C=C1C(=O)C(C)=C1NCCNC(=O)OC. The van der Waals surface area contributed by atoms with E-state index in [1.165, 1.54) is 7.11 Å².